The SMILES string of the molecule is Cc1nc(C)c(C(=O)N(C)CC(C)C(N)=S)s1. The number of nitrogens with two attached hydrogens (primary N) is 1. The maximum Gasteiger partial charge on any atom is 0.265 e. The molecule has 0 aliphatic heterocycles. The number of hydrogen-bond donors (Lipinski definition) is 1. The van der Waals surface area contributed by atoms with Crippen LogP contribution in [0.4, 0.5) is 0 Å². The van der Waals surface area contributed by atoms with Crippen LogP contribution in [0.1, 0.15) is 27.3 Å². The second-order valence-electron chi connectivity index (χ2n) is 4.14. The lowest BCUT2D eigenvalue weighted by Gasteiger charge is -2.20. The predicted molar refractivity (Wildman–Crippen MR) is 74.5 cm³/mol. The number of thiocarbonyl (C=S) groups is 1. The maximum absolute atomic E-state index is 12.1. The summed E-state index contributed by atoms with van der Waals surface area (Å²) >= 11 is 6.32. The van der Waals surface area contributed by atoms with Crippen molar-refractivity contribution in [3.05, 3.63) is 15.6 Å². The summed E-state index contributed by atoms with van der Waals surface area (Å²) in [4.78, 5) is 19.2. The quantitative estimate of drug-likeness (QED) is 0.848. The van der Waals surface area contributed by atoms with E-state index in [1.54, 1.807) is 11.9 Å². The summed E-state index contributed by atoms with van der Waals surface area (Å²) in [5.74, 6) is 0.00414. The first-order valence-corrected chi connectivity index (χ1v) is 6.54. The van der Waals surface area contributed by atoms with Gasteiger partial charge in [-0.25, -0.2) is 4.98 Å². The molecule has 4 nitrogen and oxygen atoms in total. The van der Waals surface area contributed by atoms with Crippen molar-refractivity contribution in [2.24, 2.45) is 11.7 Å². The van der Waals surface area contributed by atoms with Gasteiger partial charge in [0.15, 0.2) is 0 Å². The lowest BCUT2D eigenvalue weighted by atomic mass is 10.1. The Kier molecular flexibility index (Phi) is 4.59. The smallest absolute Gasteiger partial charge is 0.265 e. The first-order chi connectivity index (χ1) is 7.82. The van der Waals surface area contributed by atoms with Gasteiger partial charge in [0.1, 0.15) is 4.88 Å². The minimum absolute atomic E-state index is 0.0174. The third-order valence-corrected chi connectivity index (χ3v) is 3.94. The largest absolute Gasteiger partial charge is 0.393 e. The van der Waals surface area contributed by atoms with Gasteiger partial charge in [-0.3, -0.25) is 4.79 Å². The van der Waals surface area contributed by atoms with Crippen LogP contribution in [0.5, 0.6) is 0 Å². The molecular formula is C11H17N3OS2. The van der Waals surface area contributed by atoms with Crippen molar-refractivity contribution in [3.8, 4) is 0 Å². The molecule has 1 rings (SSSR count). The molecule has 94 valence electrons. The number of amides is 1. The van der Waals surface area contributed by atoms with Gasteiger partial charge in [-0.15, -0.1) is 11.3 Å². The van der Waals surface area contributed by atoms with E-state index in [1.165, 1.54) is 11.3 Å². The van der Waals surface area contributed by atoms with E-state index in [2.05, 4.69) is 4.98 Å². The van der Waals surface area contributed by atoms with E-state index < -0.39 is 0 Å². The monoisotopic (exact) mass is 271 g/mol. The second kappa shape index (κ2) is 5.55. The summed E-state index contributed by atoms with van der Waals surface area (Å²) in [5, 5.41) is 0.904. The first kappa shape index (κ1) is 14.1. The van der Waals surface area contributed by atoms with Crippen molar-refractivity contribution in [2.75, 3.05) is 13.6 Å². The Hall–Kier alpha value is -1.01. The fraction of sp³-hybridized carbons (Fsp3) is 0.545. The molecule has 0 saturated heterocycles. The lowest BCUT2D eigenvalue weighted by molar-refractivity contribution is 0.0791. The van der Waals surface area contributed by atoms with Crippen molar-refractivity contribution in [3.63, 3.8) is 0 Å². The van der Waals surface area contributed by atoms with Crippen LogP contribution in [0.2, 0.25) is 0 Å². The van der Waals surface area contributed by atoms with Crippen LogP contribution >= 0.6 is 23.6 Å². The summed E-state index contributed by atoms with van der Waals surface area (Å²) in [6, 6.07) is 0. The van der Waals surface area contributed by atoms with Crippen LogP contribution < -0.4 is 5.73 Å². The van der Waals surface area contributed by atoms with E-state index >= 15 is 0 Å². The van der Waals surface area contributed by atoms with Gasteiger partial charge >= 0.3 is 0 Å². The van der Waals surface area contributed by atoms with E-state index in [-0.39, 0.29) is 11.8 Å². The molecule has 0 aliphatic rings. The van der Waals surface area contributed by atoms with Gasteiger partial charge in [0, 0.05) is 19.5 Å². The highest BCUT2D eigenvalue weighted by molar-refractivity contribution is 7.80. The van der Waals surface area contributed by atoms with Crippen LogP contribution in [-0.4, -0.2) is 34.4 Å². The third-order valence-electron chi connectivity index (χ3n) is 2.48. The molecule has 6 heteroatoms. The molecule has 0 spiro atoms. The van der Waals surface area contributed by atoms with Gasteiger partial charge in [-0.2, -0.15) is 0 Å². The highest BCUT2D eigenvalue weighted by atomic mass is 32.1. The minimum atomic E-state index is -0.0174. The van der Waals surface area contributed by atoms with Gasteiger partial charge in [0.05, 0.1) is 15.7 Å². The average Bonchev–Trinajstić information content (AvgIpc) is 2.56. The summed E-state index contributed by atoms with van der Waals surface area (Å²) in [5.41, 5.74) is 6.33. The molecule has 1 amide bonds. The highest BCUT2D eigenvalue weighted by Crippen LogP contribution is 2.19. The Morgan fingerprint density at radius 2 is 2.18 bits per heavy atom. The maximum atomic E-state index is 12.1. The van der Waals surface area contributed by atoms with Crippen molar-refractivity contribution < 1.29 is 4.79 Å². The Balaban J connectivity index is 2.77. The van der Waals surface area contributed by atoms with E-state index in [0.717, 1.165) is 10.7 Å². The summed E-state index contributed by atoms with van der Waals surface area (Å²) in [6.07, 6.45) is 0. The van der Waals surface area contributed by atoms with Gasteiger partial charge in [0.2, 0.25) is 0 Å². The summed E-state index contributed by atoms with van der Waals surface area (Å²) in [6.45, 7) is 6.19. The normalized spacial score (nSPS) is 12.2. The van der Waals surface area contributed by atoms with Gasteiger partial charge in [-0.05, 0) is 13.8 Å². The number of carbonyl (C=O) groups excluding carboxylic acids is 1. The minimum Gasteiger partial charge on any atom is -0.393 e. The zero-order chi connectivity index (χ0) is 13.2. The van der Waals surface area contributed by atoms with Gasteiger partial charge in [0.25, 0.3) is 5.91 Å². The number of aryl methyl sites for hydroxylation is 2. The van der Waals surface area contributed by atoms with Gasteiger partial charge < -0.3 is 10.6 Å². The standard InChI is InChI=1S/C11H17N3OS2/c1-6(10(12)16)5-14(4)11(15)9-7(2)13-8(3)17-9/h6H,5H2,1-4H3,(H2,12,16). The lowest BCUT2D eigenvalue weighted by Crippen LogP contribution is -2.35. The molecule has 1 heterocycles. The number of aromatic nitrogens is 1. The Morgan fingerprint density at radius 1 is 1.59 bits per heavy atom. The number of hydrogen-bond acceptors (Lipinski definition) is 4. The zero-order valence-electron chi connectivity index (χ0n) is 10.5. The molecule has 0 radical (unpaired) electrons. The van der Waals surface area contributed by atoms with Crippen LogP contribution in [-0.2, 0) is 0 Å². The molecule has 1 unspecified atom stereocenters. The van der Waals surface area contributed by atoms with Crippen LogP contribution in [0, 0.1) is 19.8 Å². The third kappa shape index (κ3) is 3.47. The number of carbonyl (C=O) groups is 1. The van der Waals surface area contributed by atoms with E-state index in [1.807, 2.05) is 20.8 Å². The molecule has 1 aromatic rings. The average molecular weight is 271 g/mol. The van der Waals surface area contributed by atoms with Crippen molar-refractivity contribution in [2.45, 2.75) is 20.8 Å². The first-order valence-electron chi connectivity index (χ1n) is 5.31. The second-order valence-corrected chi connectivity index (χ2v) is 5.81. The molecular weight excluding hydrogens is 254 g/mol. The molecule has 0 fully saturated rings. The number of thiazole rings is 1. The Bertz CT molecular complexity index is 442. The van der Waals surface area contributed by atoms with E-state index in [9.17, 15) is 4.79 Å². The highest BCUT2D eigenvalue weighted by Gasteiger charge is 2.20. The Labute approximate surface area is 111 Å². The van der Waals surface area contributed by atoms with E-state index in [0.29, 0.717) is 16.4 Å². The van der Waals surface area contributed by atoms with Gasteiger partial charge in [-0.1, -0.05) is 19.1 Å². The molecule has 1 atom stereocenters. The molecule has 0 saturated carbocycles. The molecule has 2 N–H and O–H groups in total. The molecule has 0 bridgehead atoms. The molecule has 0 aromatic carbocycles. The molecule has 17 heavy (non-hydrogen) atoms. The van der Waals surface area contributed by atoms with Crippen LogP contribution in [0.15, 0.2) is 0 Å². The number of rotatable bonds is 4. The summed E-state index contributed by atoms with van der Waals surface area (Å²) < 4.78 is 0. The fourth-order valence-corrected chi connectivity index (χ4v) is 2.48. The van der Waals surface area contributed by atoms with Crippen molar-refractivity contribution in [1.82, 2.24) is 9.88 Å². The van der Waals surface area contributed by atoms with Crippen LogP contribution in [0.25, 0.3) is 0 Å². The van der Waals surface area contributed by atoms with Crippen molar-refractivity contribution in [1.29, 1.82) is 0 Å². The zero-order valence-corrected chi connectivity index (χ0v) is 12.1. The topological polar surface area (TPSA) is 59.2 Å². The molecule has 0 aliphatic carbocycles. The molecule has 1 aromatic heterocycles. The Morgan fingerprint density at radius 3 is 2.59 bits per heavy atom. The van der Waals surface area contributed by atoms with E-state index in [4.69, 9.17) is 18.0 Å². The predicted octanol–water partition coefficient (Wildman–Crippen LogP) is 1.75. The van der Waals surface area contributed by atoms with Crippen LogP contribution in [0.3, 0.4) is 0 Å². The fourth-order valence-electron chi connectivity index (χ4n) is 1.49. The van der Waals surface area contributed by atoms with Crippen molar-refractivity contribution >= 4 is 34.5 Å². The summed E-state index contributed by atoms with van der Waals surface area (Å²) in [7, 11) is 1.76. The number of nitrogens with zero attached hydrogens (tertiary/aromatic N) is 2.